The van der Waals surface area contributed by atoms with Crippen LogP contribution in [0.4, 0.5) is 10.1 Å². The van der Waals surface area contributed by atoms with Gasteiger partial charge in [-0.1, -0.05) is 11.6 Å². The quantitative estimate of drug-likeness (QED) is 0.684. The van der Waals surface area contributed by atoms with Gasteiger partial charge in [-0.25, -0.2) is 4.39 Å². The number of aliphatic hydroxyl groups excluding tert-OH is 1. The van der Waals surface area contributed by atoms with Crippen molar-refractivity contribution < 1.29 is 19.2 Å². The minimum Gasteiger partial charge on any atom is -0.483 e. The van der Waals surface area contributed by atoms with Gasteiger partial charge in [-0.05, 0) is 31.6 Å². The van der Waals surface area contributed by atoms with Gasteiger partial charge in [0.2, 0.25) is 0 Å². The van der Waals surface area contributed by atoms with E-state index in [0.29, 0.717) is 12.8 Å². The number of nitrogens with zero attached hydrogens (tertiary/aromatic N) is 1. The summed E-state index contributed by atoms with van der Waals surface area (Å²) in [5.74, 6) is -0.576. The van der Waals surface area contributed by atoms with Crippen LogP contribution in [0.1, 0.15) is 25.7 Å². The molecule has 1 aliphatic rings. The molecule has 20 heavy (non-hydrogen) atoms. The molecule has 1 aromatic rings. The summed E-state index contributed by atoms with van der Waals surface area (Å²) in [6, 6.07) is 1.92. The van der Waals surface area contributed by atoms with Gasteiger partial charge in [0.15, 0.2) is 5.75 Å². The van der Waals surface area contributed by atoms with Crippen LogP contribution in [0, 0.1) is 21.8 Å². The van der Waals surface area contributed by atoms with Crippen molar-refractivity contribution >= 4 is 17.3 Å². The van der Waals surface area contributed by atoms with Crippen LogP contribution in [0.5, 0.6) is 5.75 Å². The zero-order chi connectivity index (χ0) is 14.7. The molecule has 0 atom stereocenters. The first kappa shape index (κ1) is 15.0. The van der Waals surface area contributed by atoms with Crippen LogP contribution in [-0.2, 0) is 0 Å². The Kier molecular flexibility index (Phi) is 4.77. The zero-order valence-electron chi connectivity index (χ0n) is 10.7. The monoisotopic (exact) mass is 303 g/mol. The van der Waals surface area contributed by atoms with Crippen molar-refractivity contribution in [1.82, 2.24) is 0 Å². The van der Waals surface area contributed by atoms with Crippen molar-refractivity contribution in [3.8, 4) is 5.75 Å². The summed E-state index contributed by atoms with van der Waals surface area (Å²) in [5.41, 5.74) is -0.333. The van der Waals surface area contributed by atoms with E-state index in [9.17, 15) is 14.5 Å². The van der Waals surface area contributed by atoms with Gasteiger partial charge in [0.1, 0.15) is 5.82 Å². The van der Waals surface area contributed by atoms with Crippen molar-refractivity contribution in [2.45, 2.75) is 31.8 Å². The van der Waals surface area contributed by atoms with Crippen LogP contribution in [0.2, 0.25) is 5.02 Å². The fourth-order valence-electron chi connectivity index (χ4n) is 2.37. The zero-order valence-corrected chi connectivity index (χ0v) is 11.5. The molecule has 0 spiro atoms. The molecule has 110 valence electrons. The van der Waals surface area contributed by atoms with E-state index in [1.807, 2.05) is 0 Å². The van der Waals surface area contributed by atoms with E-state index in [2.05, 4.69) is 0 Å². The smallest absolute Gasteiger partial charge is 0.312 e. The highest BCUT2D eigenvalue weighted by atomic mass is 35.5. The third-order valence-electron chi connectivity index (χ3n) is 3.54. The number of aliphatic hydroxyl groups is 1. The number of hydrogen-bond donors (Lipinski definition) is 1. The second-order valence-corrected chi connectivity index (χ2v) is 5.34. The van der Waals surface area contributed by atoms with Crippen LogP contribution >= 0.6 is 11.6 Å². The standard InChI is InChI=1S/C13H15ClFNO4/c14-10-5-12(16(18)19)13(6-11(10)15)20-9-3-1-8(7-17)2-4-9/h5-6,8-9,17H,1-4,7H2. The summed E-state index contributed by atoms with van der Waals surface area (Å²) in [4.78, 5) is 10.3. The van der Waals surface area contributed by atoms with Crippen LogP contribution < -0.4 is 4.74 Å². The summed E-state index contributed by atoms with van der Waals surface area (Å²) in [7, 11) is 0. The lowest BCUT2D eigenvalue weighted by Gasteiger charge is -2.27. The highest BCUT2D eigenvalue weighted by Gasteiger charge is 2.26. The predicted molar refractivity (Wildman–Crippen MR) is 71.5 cm³/mol. The first-order valence-electron chi connectivity index (χ1n) is 6.42. The number of rotatable bonds is 4. The number of nitro groups is 1. The maximum atomic E-state index is 13.4. The molecule has 0 radical (unpaired) electrons. The molecule has 1 N–H and O–H groups in total. The van der Waals surface area contributed by atoms with Crippen LogP contribution in [0.25, 0.3) is 0 Å². The van der Waals surface area contributed by atoms with E-state index in [1.165, 1.54) is 0 Å². The number of halogens is 2. The van der Waals surface area contributed by atoms with E-state index in [1.54, 1.807) is 0 Å². The van der Waals surface area contributed by atoms with Crippen molar-refractivity contribution in [2.75, 3.05) is 6.61 Å². The van der Waals surface area contributed by atoms with Crippen molar-refractivity contribution in [1.29, 1.82) is 0 Å². The molecule has 0 aromatic heterocycles. The number of benzene rings is 1. The number of hydrogen-bond acceptors (Lipinski definition) is 4. The van der Waals surface area contributed by atoms with E-state index >= 15 is 0 Å². The van der Waals surface area contributed by atoms with Gasteiger partial charge in [-0.3, -0.25) is 10.1 Å². The molecule has 0 saturated heterocycles. The molecular formula is C13H15ClFNO4. The highest BCUT2D eigenvalue weighted by molar-refractivity contribution is 6.31. The van der Waals surface area contributed by atoms with Gasteiger partial charge in [0.05, 0.1) is 16.0 Å². The normalized spacial score (nSPS) is 22.6. The Morgan fingerprint density at radius 2 is 2.05 bits per heavy atom. The second kappa shape index (κ2) is 6.37. The molecule has 0 aliphatic heterocycles. The molecule has 1 aliphatic carbocycles. The second-order valence-electron chi connectivity index (χ2n) is 4.93. The first-order valence-corrected chi connectivity index (χ1v) is 6.80. The fraction of sp³-hybridized carbons (Fsp3) is 0.538. The molecule has 0 amide bonds. The average Bonchev–Trinajstić information content (AvgIpc) is 2.43. The van der Waals surface area contributed by atoms with E-state index in [0.717, 1.165) is 25.0 Å². The summed E-state index contributed by atoms with van der Waals surface area (Å²) in [5, 5.41) is 19.7. The Bertz CT molecular complexity index is 503. The van der Waals surface area contributed by atoms with Crippen LogP contribution in [0.15, 0.2) is 12.1 Å². The highest BCUT2D eigenvalue weighted by Crippen LogP contribution is 2.35. The summed E-state index contributed by atoms with van der Waals surface area (Å²) in [6.07, 6.45) is 2.77. The third kappa shape index (κ3) is 3.37. The van der Waals surface area contributed by atoms with Gasteiger partial charge in [-0.2, -0.15) is 0 Å². The summed E-state index contributed by atoms with van der Waals surface area (Å²) >= 11 is 5.55. The molecule has 0 unspecified atom stereocenters. The molecule has 0 heterocycles. The average molecular weight is 304 g/mol. The maximum absolute atomic E-state index is 13.4. The molecule has 7 heteroatoms. The van der Waals surface area contributed by atoms with Crippen LogP contribution in [-0.4, -0.2) is 22.7 Å². The van der Waals surface area contributed by atoms with E-state index in [4.69, 9.17) is 21.4 Å². The fourth-order valence-corrected chi connectivity index (χ4v) is 2.52. The Morgan fingerprint density at radius 1 is 1.40 bits per heavy atom. The molecular weight excluding hydrogens is 289 g/mol. The first-order chi connectivity index (χ1) is 9.51. The maximum Gasteiger partial charge on any atom is 0.312 e. The van der Waals surface area contributed by atoms with Crippen molar-refractivity contribution in [2.24, 2.45) is 5.92 Å². The molecule has 1 saturated carbocycles. The van der Waals surface area contributed by atoms with Crippen LogP contribution in [0.3, 0.4) is 0 Å². The topological polar surface area (TPSA) is 72.6 Å². The predicted octanol–water partition coefficient (Wildman–Crippen LogP) is 3.32. The van der Waals surface area contributed by atoms with E-state index < -0.39 is 10.7 Å². The number of nitro benzene ring substituents is 1. The minimum atomic E-state index is -0.740. The van der Waals surface area contributed by atoms with Crippen molar-refractivity contribution in [3.63, 3.8) is 0 Å². The molecule has 1 fully saturated rings. The Morgan fingerprint density at radius 3 is 2.60 bits per heavy atom. The number of ether oxygens (including phenoxy) is 1. The lowest BCUT2D eigenvalue weighted by atomic mass is 9.88. The van der Waals surface area contributed by atoms with Gasteiger partial charge >= 0.3 is 5.69 Å². The molecule has 1 aromatic carbocycles. The SMILES string of the molecule is O=[N+]([O-])c1cc(Cl)c(F)cc1OC1CCC(CO)CC1. The lowest BCUT2D eigenvalue weighted by Crippen LogP contribution is -2.25. The Labute approximate surface area is 120 Å². The molecule has 0 bridgehead atoms. The Balaban J connectivity index is 2.13. The van der Waals surface area contributed by atoms with Gasteiger partial charge < -0.3 is 9.84 Å². The largest absolute Gasteiger partial charge is 0.483 e. The molecule has 5 nitrogen and oxygen atoms in total. The van der Waals surface area contributed by atoms with E-state index in [-0.39, 0.29) is 35.1 Å². The van der Waals surface area contributed by atoms with Gasteiger partial charge in [0, 0.05) is 18.7 Å². The summed E-state index contributed by atoms with van der Waals surface area (Å²) in [6.45, 7) is 0.141. The third-order valence-corrected chi connectivity index (χ3v) is 3.83. The van der Waals surface area contributed by atoms with Gasteiger partial charge in [0.25, 0.3) is 0 Å². The Hall–Kier alpha value is -1.40. The van der Waals surface area contributed by atoms with Gasteiger partial charge in [-0.15, -0.1) is 0 Å². The molecule has 2 rings (SSSR count). The lowest BCUT2D eigenvalue weighted by molar-refractivity contribution is -0.386. The van der Waals surface area contributed by atoms with Crippen molar-refractivity contribution in [3.05, 3.63) is 33.1 Å². The summed E-state index contributed by atoms with van der Waals surface area (Å²) < 4.78 is 19.0. The minimum absolute atomic E-state index is 0.0932.